The number of hydrogen-bond acceptors (Lipinski definition) is 5. The van der Waals surface area contributed by atoms with Crippen LogP contribution in [-0.4, -0.2) is 46.1 Å². The Balaban J connectivity index is 1.35. The van der Waals surface area contributed by atoms with Crippen LogP contribution in [0.25, 0.3) is 0 Å². The second kappa shape index (κ2) is 7.87. The Morgan fingerprint density at radius 3 is 2.60 bits per heavy atom. The van der Waals surface area contributed by atoms with Crippen molar-refractivity contribution in [3.05, 3.63) is 17.3 Å². The van der Waals surface area contributed by atoms with Gasteiger partial charge in [-0.05, 0) is 58.5 Å². The molecule has 1 saturated heterocycles. The average molecular weight is 349 g/mol. The first-order valence-electron chi connectivity index (χ1n) is 9.58. The number of oxazole rings is 1. The largest absolute Gasteiger partial charge is 0.444 e. The van der Waals surface area contributed by atoms with E-state index in [0.29, 0.717) is 5.92 Å². The predicted molar refractivity (Wildman–Crippen MR) is 95.0 cm³/mol. The molecule has 6 heteroatoms. The second-order valence-electron chi connectivity index (χ2n) is 7.88. The van der Waals surface area contributed by atoms with Gasteiger partial charge >= 0.3 is 0 Å². The van der Waals surface area contributed by atoms with Crippen LogP contribution < -0.4 is 5.32 Å². The van der Waals surface area contributed by atoms with E-state index in [4.69, 9.17) is 4.42 Å². The Morgan fingerprint density at radius 1 is 1.32 bits per heavy atom. The zero-order chi connectivity index (χ0) is 17.9. The van der Waals surface area contributed by atoms with E-state index in [0.717, 1.165) is 82.0 Å². The molecule has 0 bridgehead atoms. The molecule has 1 aromatic heterocycles. The van der Waals surface area contributed by atoms with Crippen molar-refractivity contribution in [2.24, 2.45) is 5.92 Å². The highest BCUT2D eigenvalue weighted by atomic mass is 16.4. The summed E-state index contributed by atoms with van der Waals surface area (Å²) in [5.74, 6) is 2.21. The third-order valence-corrected chi connectivity index (χ3v) is 5.75. The molecule has 2 aliphatic rings. The summed E-state index contributed by atoms with van der Waals surface area (Å²) in [5, 5.41) is 13.3. The number of hydrogen-bond donors (Lipinski definition) is 2. The van der Waals surface area contributed by atoms with Crippen LogP contribution in [0.1, 0.15) is 62.3 Å². The van der Waals surface area contributed by atoms with E-state index in [-0.39, 0.29) is 12.3 Å². The van der Waals surface area contributed by atoms with Gasteiger partial charge in [-0.1, -0.05) is 12.8 Å². The summed E-state index contributed by atoms with van der Waals surface area (Å²) in [6.07, 6.45) is 6.00. The number of carbonyl (C=O) groups excluding carboxylic acids is 1. The van der Waals surface area contributed by atoms with Gasteiger partial charge in [0.15, 0.2) is 0 Å². The first kappa shape index (κ1) is 18.4. The summed E-state index contributed by atoms with van der Waals surface area (Å²) >= 11 is 0. The van der Waals surface area contributed by atoms with E-state index < -0.39 is 5.60 Å². The maximum absolute atomic E-state index is 12.1. The van der Waals surface area contributed by atoms with Gasteiger partial charge in [0.05, 0.1) is 24.3 Å². The fraction of sp³-hybridized carbons (Fsp3) is 0.789. The Bertz CT molecular complexity index is 565. The summed E-state index contributed by atoms with van der Waals surface area (Å²) in [5.41, 5.74) is 0.219. The van der Waals surface area contributed by atoms with E-state index in [1.807, 2.05) is 13.8 Å². The predicted octanol–water partition coefficient (Wildman–Crippen LogP) is 2.31. The molecule has 0 radical (unpaired) electrons. The van der Waals surface area contributed by atoms with Gasteiger partial charge in [-0.3, -0.25) is 9.69 Å². The lowest BCUT2D eigenvalue weighted by molar-refractivity contribution is -0.126. The Labute approximate surface area is 150 Å². The highest BCUT2D eigenvalue weighted by Gasteiger charge is 2.33. The van der Waals surface area contributed by atoms with Crippen LogP contribution in [0.3, 0.4) is 0 Å². The normalized spacial score (nSPS) is 21.6. The van der Waals surface area contributed by atoms with Crippen molar-refractivity contribution in [1.82, 2.24) is 15.2 Å². The fourth-order valence-corrected chi connectivity index (χ4v) is 3.98. The van der Waals surface area contributed by atoms with Crippen molar-refractivity contribution in [3.63, 3.8) is 0 Å². The smallest absolute Gasteiger partial charge is 0.222 e. The zero-order valence-electron chi connectivity index (χ0n) is 15.5. The van der Waals surface area contributed by atoms with Crippen LogP contribution in [0.5, 0.6) is 0 Å². The number of carbonyl (C=O) groups is 1. The van der Waals surface area contributed by atoms with Crippen molar-refractivity contribution in [2.75, 3.05) is 19.6 Å². The number of piperidine rings is 1. The first-order valence-corrected chi connectivity index (χ1v) is 9.58. The van der Waals surface area contributed by atoms with Gasteiger partial charge in [-0.15, -0.1) is 0 Å². The van der Waals surface area contributed by atoms with E-state index in [2.05, 4.69) is 15.2 Å². The van der Waals surface area contributed by atoms with Gasteiger partial charge in [0.2, 0.25) is 11.8 Å². The van der Waals surface area contributed by atoms with Gasteiger partial charge in [0.1, 0.15) is 5.76 Å². The van der Waals surface area contributed by atoms with Gasteiger partial charge in [-0.25, -0.2) is 4.98 Å². The summed E-state index contributed by atoms with van der Waals surface area (Å²) in [6.45, 7) is 7.42. The van der Waals surface area contributed by atoms with Crippen LogP contribution in [0, 0.1) is 19.8 Å². The second-order valence-corrected chi connectivity index (χ2v) is 7.88. The van der Waals surface area contributed by atoms with Gasteiger partial charge in [0.25, 0.3) is 0 Å². The molecule has 1 aliphatic carbocycles. The lowest BCUT2D eigenvalue weighted by Gasteiger charge is -2.31. The lowest BCUT2D eigenvalue weighted by atomic mass is 9.95. The lowest BCUT2D eigenvalue weighted by Crippen LogP contribution is -2.40. The molecular weight excluding hydrogens is 318 g/mol. The van der Waals surface area contributed by atoms with Crippen molar-refractivity contribution >= 4 is 5.91 Å². The third-order valence-electron chi connectivity index (χ3n) is 5.75. The van der Waals surface area contributed by atoms with Crippen LogP contribution in [0.15, 0.2) is 4.42 Å². The molecule has 1 amide bonds. The molecule has 0 spiro atoms. The van der Waals surface area contributed by atoms with Gasteiger partial charge < -0.3 is 14.8 Å². The van der Waals surface area contributed by atoms with E-state index in [1.165, 1.54) is 0 Å². The Kier molecular flexibility index (Phi) is 5.79. The van der Waals surface area contributed by atoms with Crippen LogP contribution in [0.4, 0.5) is 0 Å². The van der Waals surface area contributed by atoms with E-state index in [9.17, 15) is 9.90 Å². The molecule has 0 unspecified atom stereocenters. The van der Waals surface area contributed by atoms with Crippen molar-refractivity contribution in [3.8, 4) is 0 Å². The summed E-state index contributed by atoms with van der Waals surface area (Å²) in [6, 6.07) is 0. The zero-order valence-corrected chi connectivity index (χ0v) is 15.5. The molecule has 1 saturated carbocycles. The summed E-state index contributed by atoms with van der Waals surface area (Å²) in [7, 11) is 0. The van der Waals surface area contributed by atoms with Gasteiger partial charge in [0, 0.05) is 6.54 Å². The molecular formula is C19H31N3O3. The third kappa shape index (κ3) is 5.05. The van der Waals surface area contributed by atoms with Gasteiger partial charge in [-0.2, -0.15) is 0 Å². The monoisotopic (exact) mass is 349 g/mol. The fourth-order valence-electron chi connectivity index (χ4n) is 3.98. The van der Waals surface area contributed by atoms with Crippen molar-refractivity contribution in [2.45, 2.75) is 70.9 Å². The molecule has 25 heavy (non-hydrogen) atoms. The maximum atomic E-state index is 12.1. The standard InChI is InChI=1S/C19H31N3O3/c1-14-15(2)25-18(21-14)13-22-9-5-16(6-10-22)12-20-17(23)11-19(24)7-3-4-8-19/h16,24H,3-13H2,1-2H3,(H,20,23). The molecule has 2 N–H and O–H groups in total. The van der Waals surface area contributed by atoms with E-state index >= 15 is 0 Å². The van der Waals surface area contributed by atoms with Crippen LogP contribution >= 0.6 is 0 Å². The molecule has 140 valence electrons. The number of nitrogens with zero attached hydrogens (tertiary/aromatic N) is 2. The minimum atomic E-state index is -0.750. The Hall–Kier alpha value is -1.40. The molecule has 3 rings (SSSR count). The summed E-state index contributed by atoms with van der Waals surface area (Å²) < 4.78 is 5.66. The molecule has 0 atom stereocenters. The minimum absolute atomic E-state index is 0.00225. The minimum Gasteiger partial charge on any atom is -0.444 e. The topological polar surface area (TPSA) is 78.6 Å². The first-order chi connectivity index (χ1) is 11.9. The molecule has 6 nitrogen and oxygen atoms in total. The molecule has 0 aromatic carbocycles. The number of aryl methyl sites for hydroxylation is 2. The highest BCUT2D eigenvalue weighted by molar-refractivity contribution is 5.77. The SMILES string of the molecule is Cc1nc(CN2CCC(CNC(=O)CC3(O)CCCC3)CC2)oc1C. The number of nitrogens with one attached hydrogen (secondary N) is 1. The number of amides is 1. The van der Waals surface area contributed by atoms with Crippen molar-refractivity contribution in [1.29, 1.82) is 0 Å². The maximum Gasteiger partial charge on any atom is 0.222 e. The molecule has 1 aliphatic heterocycles. The highest BCUT2D eigenvalue weighted by Crippen LogP contribution is 2.32. The van der Waals surface area contributed by atoms with E-state index in [1.54, 1.807) is 0 Å². The van der Waals surface area contributed by atoms with Crippen LogP contribution in [-0.2, 0) is 11.3 Å². The quantitative estimate of drug-likeness (QED) is 0.824. The molecule has 2 fully saturated rings. The van der Waals surface area contributed by atoms with Crippen LogP contribution in [0.2, 0.25) is 0 Å². The summed E-state index contributed by atoms with van der Waals surface area (Å²) in [4.78, 5) is 18.9. The average Bonchev–Trinajstić information content (AvgIpc) is 3.12. The molecule has 1 aromatic rings. The number of rotatable bonds is 6. The van der Waals surface area contributed by atoms with Crippen molar-refractivity contribution < 1.29 is 14.3 Å². The Morgan fingerprint density at radius 2 is 2.00 bits per heavy atom. The number of aliphatic hydroxyl groups is 1. The molecule has 2 heterocycles. The number of likely N-dealkylation sites (tertiary alicyclic amines) is 1. The number of aromatic nitrogens is 1.